The number of carbonyl (C=O) groups excluding carboxylic acids is 1. The van der Waals surface area contributed by atoms with Crippen molar-refractivity contribution < 1.29 is 19.2 Å². The van der Waals surface area contributed by atoms with E-state index in [1.807, 2.05) is 0 Å². The van der Waals surface area contributed by atoms with Crippen molar-refractivity contribution in [1.82, 2.24) is 5.32 Å². The molecule has 0 radical (unpaired) electrons. The SMILES string of the molecule is COc1cc(C(=O)NCc2ccc([N+](=O)[O-])cc2)cc(Cl)c1OC. The van der Waals surface area contributed by atoms with Crippen molar-refractivity contribution in [2.75, 3.05) is 14.2 Å². The van der Waals surface area contributed by atoms with Gasteiger partial charge in [-0.15, -0.1) is 0 Å². The second-order valence-electron chi connectivity index (χ2n) is 4.80. The number of nitro benzene ring substituents is 1. The topological polar surface area (TPSA) is 90.7 Å². The first-order valence-corrected chi connectivity index (χ1v) is 7.27. The molecule has 24 heavy (non-hydrogen) atoms. The number of nitrogens with one attached hydrogen (secondary N) is 1. The summed E-state index contributed by atoms with van der Waals surface area (Å²) in [6.07, 6.45) is 0. The Morgan fingerprint density at radius 3 is 2.42 bits per heavy atom. The molecule has 0 fully saturated rings. The average Bonchev–Trinajstić information content (AvgIpc) is 2.59. The number of nitro groups is 1. The molecular weight excluding hydrogens is 336 g/mol. The van der Waals surface area contributed by atoms with Crippen LogP contribution in [0, 0.1) is 10.1 Å². The number of methoxy groups -OCH3 is 2. The Labute approximate surface area is 143 Å². The molecule has 0 aliphatic carbocycles. The van der Waals surface area contributed by atoms with Crippen LogP contribution >= 0.6 is 11.6 Å². The lowest BCUT2D eigenvalue weighted by molar-refractivity contribution is -0.384. The molecule has 0 saturated carbocycles. The number of halogens is 1. The van der Waals surface area contributed by atoms with Crippen LogP contribution < -0.4 is 14.8 Å². The molecule has 7 nitrogen and oxygen atoms in total. The third-order valence-electron chi connectivity index (χ3n) is 3.30. The van der Waals surface area contributed by atoms with Crippen molar-refractivity contribution in [2.24, 2.45) is 0 Å². The van der Waals surface area contributed by atoms with Crippen molar-refractivity contribution >= 4 is 23.2 Å². The van der Waals surface area contributed by atoms with Crippen molar-refractivity contribution in [3.63, 3.8) is 0 Å². The average molecular weight is 351 g/mol. The van der Waals surface area contributed by atoms with Gasteiger partial charge >= 0.3 is 0 Å². The van der Waals surface area contributed by atoms with Gasteiger partial charge in [0, 0.05) is 24.2 Å². The lowest BCUT2D eigenvalue weighted by atomic mass is 10.1. The lowest BCUT2D eigenvalue weighted by Crippen LogP contribution is -2.22. The first-order chi connectivity index (χ1) is 11.5. The number of ether oxygens (including phenoxy) is 2. The zero-order chi connectivity index (χ0) is 17.7. The van der Waals surface area contributed by atoms with Crippen LogP contribution in [0.4, 0.5) is 5.69 Å². The quantitative estimate of drug-likeness (QED) is 0.638. The fourth-order valence-electron chi connectivity index (χ4n) is 2.07. The molecule has 0 bridgehead atoms. The van der Waals surface area contributed by atoms with Gasteiger partial charge in [-0.05, 0) is 17.7 Å². The molecule has 0 heterocycles. The molecule has 0 aliphatic heterocycles. The number of hydrogen-bond acceptors (Lipinski definition) is 5. The molecule has 0 aromatic heterocycles. The molecule has 2 aromatic carbocycles. The van der Waals surface area contributed by atoms with Crippen LogP contribution in [-0.2, 0) is 6.54 Å². The van der Waals surface area contributed by atoms with Gasteiger partial charge in [-0.3, -0.25) is 14.9 Å². The molecule has 126 valence electrons. The predicted octanol–water partition coefficient (Wildman–Crippen LogP) is 3.20. The molecule has 0 atom stereocenters. The van der Waals surface area contributed by atoms with Crippen LogP contribution in [0.5, 0.6) is 11.5 Å². The van der Waals surface area contributed by atoms with Gasteiger partial charge in [0.2, 0.25) is 0 Å². The Kier molecular flexibility index (Phi) is 5.59. The highest BCUT2D eigenvalue weighted by molar-refractivity contribution is 6.32. The van der Waals surface area contributed by atoms with Crippen LogP contribution in [-0.4, -0.2) is 25.1 Å². The van der Waals surface area contributed by atoms with Gasteiger partial charge in [-0.2, -0.15) is 0 Å². The highest BCUT2D eigenvalue weighted by Gasteiger charge is 2.15. The van der Waals surface area contributed by atoms with Gasteiger partial charge in [0.15, 0.2) is 11.5 Å². The zero-order valence-corrected chi connectivity index (χ0v) is 13.8. The van der Waals surface area contributed by atoms with Crippen LogP contribution in [0.25, 0.3) is 0 Å². The highest BCUT2D eigenvalue weighted by atomic mass is 35.5. The van der Waals surface area contributed by atoms with E-state index < -0.39 is 4.92 Å². The van der Waals surface area contributed by atoms with Crippen molar-refractivity contribution in [1.29, 1.82) is 0 Å². The van der Waals surface area contributed by atoms with E-state index in [1.54, 1.807) is 12.1 Å². The number of carbonyl (C=O) groups is 1. The third kappa shape index (κ3) is 3.94. The van der Waals surface area contributed by atoms with E-state index in [0.29, 0.717) is 17.1 Å². The smallest absolute Gasteiger partial charge is 0.269 e. The number of hydrogen-bond donors (Lipinski definition) is 1. The number of amides is 1. The second kappa shape index (κ2) is 7.65. The number of benzene rings is 2. The fraction of sp³-hybridized carbons (Fsp3) is 0.188. The van der Waals surface area contributed by atoms with Gasteiger partial charge < -0.3 is 14.8 Å². The summed E-state index contributed by atoms with van der Waals surface area (Å²) in [5.74, 6) is 0.354. The highest BCUT2D eigenvalue weighted by Crippen LogP contribution is 2.35. The maximum Gasteiger partial charge on any atom is 0.269 e. The van der Waals surface area contributed by atoms with Crippen molar-refractivity contribution in [3.8, 4) is 11.5 Å². The van der Waals surface area contributed by atoms with E-state index in [2.05, 4.69) is 5.32 Å². The van der Waals surface area contributed by atoms with E-state index in [1.165, 1.54) is 38.5 Å². The minimum absolute atomic E-state index is 0.00301. The standard InChI is InChI=1S/C16H15ClN2O5/c1-23-14-8-11(7-13(17)15(14)24-2)16(20)18-9-10-3-5-12(6-4-10)19(21)22/h3-8H,9H2,1-2H3,(H,18,20). The van der Waals surface area contributed by atoms with Gasteiger partial charge in [0.25, 0.3) is 11.6 Å². The van der Waals surface area contributed by atoms with Gasteiger partial charge in [0.1, 0.15) is 0 Å². The van der Waals surface area contributed by atoms with E-state index in [0.717, 1.165) is 5.56 Å². The normalized spacial score (nSPS) is 10.1. The number of nitrogens with zero attached hydrogens (tertiary/aromatic N) is 1. The molecule has 0 saturated heterocycles. The molecule has 0 unspecified atom stereocenters. The summed E-state index contributed by atoms with van der Waals surface area (Å²) in [7, 11) is 2.91. The fourth-order valence-corrected chi connectivity index (χ4v) is 2.36. The maximum atomic E-state index is 12.2. The molecule has 2 rings (SSSR count). The number of non-ortho nitro benzene ring substituents is 1. The van der Waals surface area contributed by atoms with Gasteiger partial charge in [-0.25, -0.2) is 0 Å². The summed E-state index contributed by atoms with van der Waals surface area (Å²) >= 11 is 6.07. The predicted molar refractivity (Wildman–Crippen MR) is 88.8 cm³/mol. The Morgan fingerprint density at radius 1 is 1.21 bits per heavy atom. The monoisotopic (exact) mass is 350 g/mol. The minimum atomic E-state index is -0.478. The summed E-state index contributed by atoms with van der Waals surface area (Å²) in [5, 5.41) is 13.6. The molecular formula is C16H15ClN2O5. The summed E-state index contributed by atoms with van der Waals surface area (Å²) in [6, 6.07) is 8.94. The van der Waals surface area contributed by atoms with E-state index >= 15 is 0 Å². The van der Waals surface area contributed by atoms with Gasteiger partial charge in [0.05, 0.1) is 24.2 Å². The second-order valence-corrected chi connectivity index (χ2v) is 5.21. The number of rotatable bonds is 6. The molecule has 1 N–H and O–H groups in total. The molecule has 1 amide bonds. The largest absolute Gasteiger partial charge is 0.493 e. The summed E-state index contributed by atoms with van der Waals surface area (Å²) in [6.45, 7) is 0.225. The van der Waals surface area contributed by atoms with Crippen LogP contribution in [0.15, 0.2) is 36.4 Å². The van der Waals surface area contributed by atoms with Crippen LogP contribution in [0.2, 0.25) is 5.02 Å². The van der Waals surface area contributed by atoms with Crippen LogP contribution in [0.1, 0.15) is 15.9 Å². The van der Waals surface area contributed by atoms with Gasteiger partial charge in [-0.1, -0.05) is 23.7 Å². The van der Waals surface area contributed by atoms with Crippen molar-refractivity contribution in [3.05, 3.63) is 62.7 Å². The molecule has 0 aliphatic rings. The lowest BCUT2D eigenvalue weighted by Gasteiger charge is -2.12. The first-order valence-electron chi connectivity index (χ1n) is 6.89. The Morgan fingerprint density at radius 2 is 1.88 bits per heavy atom. The van der Waals surface area contributed by atoms with E-state index in [4.69, 9.17) is 21.1 Å². The third-order valence-corrected chi connectivity index (χ3v) is 3.58. The van der Waals surface area contributed by atoms with E-state index in [-0.39, 0.29) is 23.2 Å². The zero-order valence-electron chi connectivity index (χ0n) is 13.0. The Bertz CT molecular complexity index is 762. The molecule has 0 spiro atoms. The summed E-state index contributed by atoms with van der Waals surface area (Å²) < 4.78 is 10.3. The Balaban J connectivity index is 2.09. The van der Waals surface area contributed by atoms with Crippen LogP contribution in [0.3, 0.4) is 0 Å². The summed E-state index contributed by atoms with van der Waals surface area (Å²) in [4.78, 5) is 22.4. The van der Waals surface area contributed by atoms with E-state index in [9.17, 15) is 14.9 Å². The first kappa shape index (κ1) is 17.6. The maximum absolute atomic E-state index is 12.2. The summed E-state index contributed by atoms with van der Waals surface area (Å²) in [5.41, 5.74) is 1.05. The Hall–Kier alpha value is -2.80. The van der Waals surface area contributed by atoms with Crippen molar-refractivity contribution in [2.45, 2.75) is 6.54 Å². The molecule has 8 heteroatoms. The minimum Gasteiger partial charge on any atom is -0.493 e. The molecule has 2 aromatic rings.